The maximum absolute atomic E-state index is 12.5. The molecule has 0 aliphatic heterocycles. The summed E-state index contributed by atoms with van der Waals surface area (Å²) in [5.41, 5.74) is 3.70. The molecule has 0 unspecified atom stereocenters. The second-order valence-corrected chi connectivity index (χ2v) is 7.99. The van der Waals surface area contributed by atoms with Crippen molar-refractivity contribution in [2.75, 3.05) is 5.32 Å². The first-order valence-corrected chi connectivity index (χ1v) is 10.8. The quantitative estimate of drug-likeness (QED) is 0.157. The van der Waals surface area contributed by atoms with Gasteiger partial charge in [-0.15, -0.1) is 0 Å². The van der Waals surface area contributed by atoms with Crippen molar-refractivity contribution in [3.05, 3.63) is 81.4 Å². The summed E-state index contributed by atoms with van der Waals surface area (Å²) in [4.78, 5) is 27.3. The van der Waals surface area contributed by atoms with E-state index in [1.165, 1.54) is 18.2 Å². The number of hydrogen-bond acceptors (Lipinski definition) is 7. The molecule has 0 radical (unpaired) electrons. The number of aromatic hydroxyl groups is 1. The van der Waals surface area contributed by atoms with Gasteiger partial charge in [-0.2, -0.15) is 0 Å². The van der Waals surface area contributed by atoms with Crippen LogP contribution in [0.4, 0.5) is 11.4 Å². The van der Waals surface area contributed by atoms with Crippen molar-refractivity contribution in [1.29, 1.82) is 0 Å². The van der Waals surface area contributed by atoms with Crippen LogP contribution in [0.5, 0.6) is 5.75 Å². The zero-order valence-corrected chi connectivity index (χ0v) is 19.1. The Hall–Kier alpha value is -4.31. The number of aryl methyl sites for hydroxylation is 2. The maximum Gasteiger partial charge on any atom is 0.270 e. The summed E-state index contributed by atoms with van der Waals surface area (Å²) in [5, 5.41) is 26.9. The normalized spacial score (nSPS) is 10.8. The monoisotopic (exact) mass is 476 g/mol. The van der Waals surface area contributed by atoms with Crippen LogP contribution < -0.4 is 10.6 Å². The van der Waals surface area contributed by atoms with Crippen LogP contribution in [0, 0.1) is 17.0 Å². The Morgan fingerprint density at radius 1 is 1.21 bits per heavy atom. The van der Waals surface area contributed by atoms with Crippen LogP contribution in [-0.4, -0.2) is 26.0 Å². The third-order valence-corrected chi connectivity index (χ3v) is 5.40. The van der Waals surface area contributed by atoms with E-state index in [-0.39, 0.29) is 28.0 Å². The summed E-state index contributed by atoms with van der Waals surface area (Å²) in [7, 11) is 0. The first kappa shape index (κ1) is 22.9. The highest BCUT2D eigenvalue weighted by Gasteiger charge is 2.17. The number of nitro groups is 1. The van der Waals surface area contributed by atoms with Gasteiger partial charge in [-0.1, -0.05) is 19.1 Å². The Morgan fingerprint density at radius 2 is 2.00 bits per heavy atom. The van der Waals surface area contributed by atoms with Crippen molar-refractivity contribution < 1.29 is 19.2 Å². The van der Waals surface area contributed by atoms with Gasteiger partial charge in [-0.3, -0.25) is 20.2 Å². The Bertz CT molecular complexity index is 1450. The Labute approximate surface area is 199 Å². The number of rotatable bonds is 5. The number of anilines is 1. The number of nitrogens with zero attached hydrogens (tertiary/aromatic N) is 2. The first-order chi connectivity index (χ1) is 16.2. The number of phenolic OH excluding ortho intramolecular Hbond substituents is 1. The minimum absolute atomic E-state index is 0.0133. The standard InChI is InChI=1S/C24H20N4O5S/c1-3-14-7-8-20-19(10-14)26-23(33-20)18-12-16(9-13(2)21(18)29)25-24(34)27-22(30)15-5-4-6-17(11-15)28(31)32/h4-12,29H,3H2,1-2H3,(H2,25,27,30,34). The summed E-state index contributed by atoms with van der Waals surface area (Å²) >= 11 is 5.23. The zero-order chi connectivity index (χ0) is 24.4. The highest BCUT2D eigenvalue weighted by molar-refractivity contribution is 7.80. The number of nitro benzene ring substituents is 1. The van der Waals surface area contributed by atoms with Gasteiger partial charge >= 0.3 is 0 Å². The molecule has 1 aromatic heterocycles. The first-order valence-electron chi connectivity index (χ1n) is 10.4. The molecule has 0 bridgehead atoms. The second kappa shape index (κ2) is 9.28. The predicted molar refractivity (Wildman–Crippen MR) is 132 cm³/mol. The molecule has 0 fully saturated rings. The fourth-order valence-electron chi connectivity index (χ4n) is 3.42. The van der Waals surface area contributed by atoms with Crippen LogP contribution in [0.1, 0.15) is 28.4 Å². The molecule has 9 nitrogen and oxygen atoms in total. The van der Waals surface area contributed by atoms with E-state index in [9.17, 15) is 20.0 Å². The fourth-order valence-corrected chi connectivity index (χ4v) is 3.63. The van der Waals surface area contributed by atoms with Crippen LogP contribution in [0.2, 0.25) is 0 Å². The van der Waals surface area contributed by atoms with Gasteiger partial charge in [0.1, 0.15) is 11.3 Å². The van der Waals surface area contributed by atoms with E-state index in [0.717, 1.165) is 18.1 Å². The zero-order valence-electron chi connectivity index (χ0n) is 18.3. The van der Waals surface area contributed by atoms with Gasteiger partial charge in [0, 0.05) is 23.4 Å². The molecule has 0 aliphatic rings. The van der Waals surface area contributed by atoms with E-state index in [1.54, 1.807) is 19.1 Å². The largest absolute Gasteiger partial charge is 0.507 e. The number of carbonyl (C=O) groups is 1. The highest BCUT2D eigenvalue weighted by Crippen LogP contribution is 2.36. The third kappa shape index (κ3) is 4.71. The number of phenols is 1. The number of hydrogen-bond donors (Lipinski definition) is 3. The molecule has 1 heterocycles. The predicted octanol–water partition coefficient (Wildman–Crippen LogP) is 5.11. The summed E-state index contributed by atoms with van der Waals surface area (Å²) in [5.74, 6) is -0.332. The molecule has 0 spiro atoms. The van der Waals surface area contributed by atoms with Crippen molar-refractivity contribution >= 4 is 45.7 Å². The second-order valence-electron chi connectivity index (χ2n) is 7.58. The molecular weight excluding hydrogens is 456 g/mol. The molecule has 4 aromatic rings. The van der Waals surface area contributed by atoms with E-state index in [1.807, 2.05) is 25.1 Å². The molecule has 10 heteroatoms. The summed E-state index contributed by atoms with van der Waals surface area (Å²) in [6.07, 6.45) is 0.862. The number of carbonyl (C=O) groups excluding carboxylic acids is 1. The number of amides is 1. The number of oxazole rings is 1. The van der Waals surface area contributed by atoms with Crippen molar-refractivity contribution in [1.82, 2.24) is 10.3 Å². The molecule has 0 saturated carbocycles. The molecule has 172 valence electrons. The van der Waals surface area contributed by atoms with Crippen LogP contribution >= 0.6 is 12.2 Å². The van der Waals surface area contributed by atoms with Gasteiger partial charge in [-0.25, -0.2) is 4.98 Å². The van der Waals surface area contributed by atoms with Gasteiger partial charge in [0.15, 0.2) is 10.7 Å². The summed E-state index contributed by atoms with van der Waals surface area (Å²) in [6, 6.07) is 14.3. The van der Waals surface area contributed by atoms with Crippen LogP contribution in [0.3, 0.4) is 0 Å². The van der Waals surface area contributed by atoms with E-state index >= 15 is 0 Å². The molecule has 0 aliphatic carbocycles. The molecule has 34 heavy (non-hydrogen) atoms. The van der Waals surface area contributed by atoms with Crippen molar-refractivity contribution in [2.45, 2.75) is 20.3 Å². The number of thiocarbonyl (C=S) groups is 1. The average Bonchev–Trinajstić information content (AvgIpc) is 3.24. The van der Waals surface area contributed by atoms with Gasteiger partial charge < -0.3 is 14.8 Å². The minimum Gasteiger partial charge on any atom is -0.507 e. The lowest BCUT2D eigenvalue weighted by Gasteiger charge is -2.12. The Balaban J connectivity index is 1.56. The smallest absolute Gasteiger partial charge is 0.270 e. The lowest BCUT2D eigenvalue weighted by Crippen LogP contribution is -2.34. The van der Waals surface area contributed by atoms with Crippen LogP contribution in [-0.2, 0) is 6.42 Å². The Morgan fingerprint density at radius 3 is 2.74 bits per heavy atom. The summed E-state index contributed by atoms with van der Waals surface area (Å²) in [6.45, 7) is 3.76. The van der Waals surface area contributed by atoms with Gasteiger partial charge in [0.05, 0.1) is 10.5 Å². The lowest BCUT2D eigenvalue weighted by molar-refractivity contribution is -0.384. The number of benzene rings is 3. The minimum atomic E-state index is -0.595. The van der Waals surface area contributed by atoms with Crippen LogP contribution in [0.15, 0.2) is 59.0 Å². The fraction of sp³-hybridized carbons (Fsp3) is 0.125. The van der Waals surface area contributed by atoms with E-state index in [4.69, 9.17) is 16.6 Å². The molecule has 1 amide bonds. The topological polar surface area (TPSA) is 131 Å². The third-order valence-electron chi connectivity index (χ3n) is 5.20. The van der Waals surface area contributed by atoms with E-state index < -0.39 is 10.8 Å². The molecule has 4 rings (SSSR count). The average molecular weight is 477 g/mol. The van der Waals surface area contributed by atoms with Gasteiger partial charge in [0.25, 0.3) is 11.6 Å². The van der Waals surface area contributed by atoms with E-state index in [0.29, 0.717) is 27.9 Å². The highest BCUT2D eigenvalue weighted by atomic mass is 32.1. The number of fused-ring (bicyclic) bond motifs is 1. The SMILES string of the molecule is CCc1ccc2oc(-c3cc(NC(=S)NC(=O)c4cccc([N+](=O)[O-])c4)cc(C)c3O)nc2c1. The van der Waals surface area contributed by atoms with Crippen molar-refractivity contribution in [2.24, 2.45) is 0 Å². The molecular formula is C24H20N4O5S. The maximum atomic E-state index is 12.5. The number of nitrogens with one attached hydrogen (secondary N) is 2. The molecule has 0 atom stereocenters. The molecule has 0 saturated heterocycles. The molecule has 3 N–H and O–H groups in total. The number of non-ortho nitro benzene ring substituents is 1. The lowest BCUT2D eigenvalue weighted by atomic mass is 10.1. The Kier molecular flexibility index (Phi) is 6.24. The van der Waals surface area contributed by atoms with Crippen molar-refractivity contribution in [3.8, 4) is 17.2 Å². The van der Waals surface area contributed by atoms with Gasteiger partial charge in [0.2, 0.25) is 5.89 Å². The van der Waals surface area contributed by atoms with Crippen molar-refractivity contribution in [3.63, 3.8) is 0 Å². The molecule has 3 aromatic carbocycles. The van der Waals surface area contributed by atoms with Crippen LogP contribution in [0.25, 0.3) is 22.6 Å². The number of aromatic nitrogens is 1. The van der Waals surface area contributed by atoms with E-state index in [2.05, 4.69) is 15.6 Å². The van der Waals surface area contributed by atoms with Gasteiger partial charge in [-0.05, 0) is 67.0 Å². The summed E-state index contributed by atoms with van der Waals surface area (Å²) < 4.78 is 5.85.